The van der Waals surface area contributed by atoms with Gasteiger partial charge in [0.25, 0.3) is 0 Å². The lowest BCUT2D eigenvalue weighted by atomic mass is 10.0. The number of halogens is 2. The number of aryl methyl sites for hydroxylation is 1. The predicted molar refractivity (Wildman–Crippen MR) is 64.6 cm³/mol. The largest absolute Gasteiger partial charge is 0.271 e. The zero-order valence-corrected chi connectivity index (χ0v) is 10.0. The Bertz CT molecular complexity index is 525. The molecule has 0 saturated carbocycles. The number of thiophene rings is 1. The molecule has 0 radical (unpaired) electrons. The SMILES string of the molecule is Cc1cc(C(NN)c2cccc(F)c2F)cs1. The van der Waals surface area contributed by atoms with E-state index in [1.165, 1.54) is 12.1 Å². The molecule has 1 aromatic carbocycles. The standard InChI is InChI=1S/C12H12F2N2S/c1-7-5-8(6-17-7)12(16-15)9-3-2-4-10(13)11(9)14/h2-6,12,16H,15H2,1H3. The number of nitrogens with two attached hydrogens (primary N) is 1. The van der Waals surface area contributed by atoms with E-state index in [1.54, 1.807) is 11.3 Å². The first-order valence-electron chi connectivity index (χ1n) is 5.08. The van der Waals surface area contributed by atoms with Gasteiger partial charge in [-0.25, -0.2) is 14.2 Å². The van der Waals surface area contributed by atoms with Crippen molar-refractivity contribution in [2.75, 3.05) is 0 Å². The van der Waals surface area contributed by atoms with Crippen LogP contribution in [-0.4, -0.2) is 0 Å². The third-order valence-electron chi connectivity index (χ3n) is 2.54. The minimum Gasteiger partial charge on any atom is -0.271 e. The van der Waals surface area contributed by atoms with Crippen molar-refractivity contribution in [1.29, 1.82) is 0 Å². The van der Waals surface area contributed by atoms with Gasteiger partial charge in [-0.3, -0.25) is 5.84 Å². The molecule has 90 valence electrons. The molecule has 0 fully saturated rings. The molecule has 0 saturated heterocycles. The highest BCUT2D eigenvalue weighted by molar-refractivity contribution is 7.10. The lowest BCUT2D eigenvalue weighted by Crippen LogP contribution is -2.29. The molecule has 0 amide bonds. The van der Waals surface area contributed by atoms with Crippen LogP contribution in [0.5, 0.6) is 0 Å². The van der Waals surface area contributed by atoms with Crippen molar-refractivity contribution in [2.24, 2.45) is 5.84 Å². The van der Waals surface area contributed by atoms with Gasteiger partial charge in [0.05, 0.1) is 6.04 Å². The summed E-state index contributed by atoms with van der Waals surface area (Å²) in [7, 11) is 0. The Balaban J connectivity index is 2.45. The second-order valence-electron chi connectivity index (χ2n) is 3.73. The Morgan fingerprint density at radius 1 is 1.35 bits per heavy atom. The van der Waals surface area contributed by atoms with Crippen LogP contribution < -0.4 is 11.3 Å². The summed E-state index contributed by atoms with van der Waals surface area (Å²) in [5.41, 5.74) is 3.56. The first kappa shape index (κ1) is 12.2. The van der Waals surface area contributed by atoms with Gasteiger partial charge in [0.15, 0.2) is 11.6 Å². The number of benzene rings is 1. The monoisotopic (exact) mass is 254 g/mol. The Labute approximate surface area is 102 Å². The van der Waals surface area contributed by atoms with E-state index in [-0.39, 0.29) is 5.56 Å². The van der Waals surface area contributed by atoms with E-state index < -0.39 is 17.7 Å². The van der Waals surface area contributed by atoms with Gasteiger partial charge in [0.1, 0.15) is 0 Å². The average molecular weight is 254 g/mol. The van der Waals surface area contributed by atoms with Crippen LogP contribution in [0.15, 0.2) is 29.6 Å². The fraction of sp³-hybridized carbons (Fsp3) is 0.167. The second kappa shape index (κ2) is 4.91. The molecule has 0 bridgehead atoms. The summed E-state index contributed by atoms with van der Waals surface area (Å²) in [6.07, 6.45) is 0. The molecular formula is C12H12F2N2S. The highest BCUT2D eigenvalue weighted by Crippen LogP contribution is 2.28. The van der Waals surface area contributed by atoms with Crippen molar-refractivity contribution in [3.8, 4) is 0 Å². The van der Waals surface area contributed by atoms with Gasteiger partial charge in [0, 0.05) is 10.4 Å². The molecule has 0 spiro atoms. The molecule has 1 atom stereocenters. The number of hydrogen-bond acceptors (Lipinski definition) is 3. The first-order chi connectivity index (χ1) is 8.13. The third kappa shape index (κ3) is 2.36. The highest BCUT2D eigenvalue weighted by Gasteiger charge is 2.19. The third-order valence-corrected chi connectivity index (χ3v) is 3.42. The van der Waals surface area contributed by atoms with Crippen molar-refractivity contribution in [2.45, 2.75) is 13.0 Å². The van der Waals surface area contributed by atoms with E-state index in [0.29, 0.717) is 0 Å². The summed E-state index contributed by atoms with van der Waals surface area (Å²) < 4.78 is 26.8. The predicted octanol–water partition coefficient (Wildman–Crippen LogP) is 2.89. The maximum Gasteiger partial charge on any atom is 0.163 e. The lowest BCUT2D eigenvalue weighted by Gasteiger charge is -2.16. The van der Waals surface area contributed by atoms with E-state index in [9.17, 15) is 8.78 Å². The molecular weight excluding hydrogens is 242 g/mol. The summed E-state index contributed by atoms with van der Waals surface area (Å²) in [6, 6.07) is 5.45. The Kier molecular flexibility index (Phi) is 3.51. The Hall–Kier alpha value is -1.30. The molecule has 0 aliphatic heterocycles. The molecule has 1 aromatic heterocycles. The molecule has 0 aliphatic rings. The van der Waals surface area contributed by atoms with Crippen molar-refractivity contribution < 1.29 is 8.78 Å². The molecule has 2 rings (SSSR count). The van der Waals surface area contributed by atoms with Crippen LogP contribution in [0, 0.1) is 18.6 Å². The van der Waals surface area contributed by atoms with E-state index in [2.05, 4.69) is 5.43 Å². The number of nitrogens with one attached hydrogen (secondary N) is 1. The van der Waals surface area contributed by atoms with Crippen molar-refractivity contribution >= 4 is 11.3 Å². The van der Waals surface area contributed by atoms with E-state index in [1.807, 2.05) is 18.4 Å². The van der Waals surface area contributed by atoms with Crippen LogP contribution in [-0.2, 0) is 0 Å². The van der Waals surface area contributed by atoms with Crippen LogP contribution in [0.25, 0.3) is 0 Å². The van der Waals surface area contributed by atoms with Crippen molar-refractivity contribution in [1.82, 2.24) is 5.43 Å². The van der Waals surface area contributed by atoms with E-state index in [0.717, 1.165) is 16.5 Å². The van der Waals surface area contributed by atoms with Gasteiger partial charge in [0.2, 0.25) is 0 Å². The van der Waals surface area contributed by atoms with Crippen molar-refractivity contribution in [3.05, 3.63) is 57.3 Å². The smallest absolute Gasteiger partial charge is 0.163 e. The molecule has 3 N–H and O–H groups in total. The molecule has 2 aromatic rings. The lowest BCUT2D eigenvalue weighted by molar-refractivity contribution is 0.483. The quantitative estimate of drug-likeness (QED) is 0.653. The van der Waals surface area contributed by atoms with Gasteiger partial charge < -0.3 is 0 Å². The van der Waals surface area contributed by atoms with Crippen LogP contribution in [0.3, 0.4) is 0 Å². The summed E-state index contributed by atoms with van der Waals surface area (Å²) >= 11 is 1.54. The highest BCUT2D eigenvalue weighted by atomic mass is 32.1. The normalized spacial score (nSPS) is 12.7. The van der Waals surface area contributed by atoms with Gasteiger partial charge in [-0.2, -0.15) is 0 Å². The van der Waals surface area contributed by atoms with Gasteiger partial charge >= 0.3 is 0 Å². The molecule has 0 aliphatic carbocycles. The van der Waals surface area contributed by atoms with Gasteiger partial charge in [-0.1, -0.05) is 12.1 Å². The topological polar surface area (TPSA) is 38.0 Å². The number of hydrazine groups is 1. The zero-order valence-electron chi connectivity index (χ0n) is 9.21. The van der Waals surface area contributed by atoms with Crippen molar-refractivity contribution in [3.63, 3.8) is 0 Å². The van der Waals surface area contributed by atoms with Gasteiger partial charge in [-0.05, 0) is 30.0 Å². The molecule has 1 unspecified atom stereocenters. The Morgan fingerprint density at radius 3 is 2.71 bits per heavy atom. The minimum absolute atomic E-state index is 0.213. The first-order valence-corrected chi connectivity index (χ1v) is 5.96. The maximum atomic E-state index is 13.7. The average Bonchev–Trinajstić information content (AvgIpc) is 2.72. The van der Waals surface area contributed by atoms with E-state index in [4.69, 9.17) is 5.84 Å². The number of hydrogen-bond donors (Lipinski definition) is 2. The second-order valence-corrected chi connectivity index (χ2v) is 4.85. The summed E-state index contributed by atoms with van der Waals surface area (Å²) in [5, 5.41) is 1.88. The molecule has 5 heteroatoms. The number of rotatable bonds is 3. The summed E-state index contributed by atoms with van der Waals surface area (Å²) in [5.74, 6) is 3.70. The summed E-state index contributed by atoms with van der Waals surface area (Å²) in [4.78, 5) is 1.09. The van der Waals surface area contributed by atoms with E-state index >= 15 is 0 Å². The van der Waals surface area contributed by atoms with Crippen LogP contribution in [0.2, 0.25) is 0 Å². The zero-order chi connectivity index (χ0) is 12.4. The molecule has 1 heterocycles. The fourth-order valence-corrected chi connectivity index (χ4v) is 2.45. The minimum atomic E-state index is -0.866. The molecule has 2 nitrogen and oxygen atoms in total. The van der Waals surface area contributed by atoms with Gasteiger partial charge in [-0.15, -0.1) is 11.3 Å². The van der Waals surface area contributed by atoms with Crippen LogP contribution in [0.4, 0.5) is 8.78 Å². The fourth-order valence-electron chi connectivity index (χ4n) is 1.72. The molecule has 17 heavy (non-hydrogen) atoms. The van der Waals surface area contributed by atoms with Crippen LogP contribution >= 0.6 is 11.3 Å². The summed E-state index contributed by atoms with van der Waals surface area (Å²) in [6.45, 7) is 1.95. The Morgan fingerprint density at radius 2 is 2.12 bits per heavy atom. The van der Waals surface area contributed by atoms with Crippen LogP contribution in [0.1, 0.15) is 22.0 Å². The maximum absolute atomic E-state index is 13.7.